The van der Waals surface area contributed by atoms with Crippen LogP contribution < -0.4 is 5.32 Å². The monoisotopic (exact) mass is 560 g/mol. The third-order valence-corrected chi connectivity index (χ3v) is 9.32. The summed E-state index contributed by atoms with van der Waals surface area (Å²) < 4.78 is 11.5. The van der Waals surface area contributed by atoms with Crippen molar-refractivity contribution >= 4 is 12.1 Å². The average Bonchev–Trinajstić information content (AvgIpc) is 2.91. The molecule has 2 aromatic carbocycles. The molecule has 41 heavy (non-hydrogen) atoms. The number of amides is 1. The SMILES string of the molecule is CC(C)(C)OC(=O)N(CCC12CC3CC(CC(C3)C1)C2)[C@H](CNCC(=O)OCc1ccccc1)Cc1ccccc1. The van der Waals surface area contributed by atoms with E-state index in [1.165, 1.54) is 38.5 Å². The first kappa shape index (κ1) is 29.6. The summed E-state index contributed by atoms with van der Waals surface area (Å²) in [6.07, 6.45) is 9.63. The van der Waals surface area contributed by atoms with Crippen LogP contribution in [0, 0.1) is 23.2 Å². The number of carbonyl (C=O) groups excluding carboxylic acids is 2. The van der Waals surface area contributed by atoms with Gasteiger partial charge < -0.3 is 19.7 Å². The molecule has 4 bridgehead atoms. The molecule has 1 amide bonds. The summed E-state index contributed by atoms with van der Waals surface area (Å²) in [5.41, 5.74) is 1.90. The number of carbonyl (C=O) groups is 2. The second kappa shape index (κ2) is 13.0. The molecule has 1 atom stereocenters. The summed E-state index contributed by atoms with van der Waals surface area (Å²) >= 11 is 0. The van der Waals surface area contributed by atoms with Crippen molar-refractivity contribution in [2.24, 2.45) is 23.2 Å². The highest BCUT2D eigenvalue weighted by Crippen LogP contribution is 2.61. The molecule has 0 saturated heterocycles. The Bertz CT molecular complexity index is 1110. The molecule has 4 saturated carbocycles. The molecule has 6 nitrogen and oxygen atoms in total. The van der Waals surface area contributed by atoms with Gasteiger partial charge in [-0.05, 0) is 106 Å². The van der Waals surface area contributed by atoms with Gasteiger partial charge >= 0.3 is 12.1 Å². The molecule has 0 aliphatic heterocycles. The van der Waals surface area contributed by atoms with Crippen molar-refractivity contribution in [3.63, 3.8) is 0 Å². The number of nitrogens with one attached hydrogen (secondary N) is 1. The molecule has 0 aromatic heterocycles. The molecular formula is C35H48N2O4. The van der Waals surface area contributed by atoms with E-state index in [0.717, 1.165) is 35.3 Å². The summed E-state index contributed by atoms with van der Waals surface area (Å²) in [4.78, 5) is 28.2. The molecule has 6 heteroatoms. The van der Waals surface area contributed by atoms with Crippen LogP contribution in [0.4, 0.5) is 4.79 Å². The van der Waals surface area contributed by atoms with Crippen LogP contribution in [0.5, 0.6) is 0 Å². The quantitative estimate of drug-likeness (QED) is 0.290. The average molecular weight is 561 g/mol. The zero-order valence-corrected chi connectivity index (χ0v) is 25.1. The lowest BCUT2D eigenvalue weighted by atomic mass is 9.49. The Morgan fingerprint density at radius 3 is 2.02 bits per heavy atom. The van der Waals surface area contributed by atoms with Crippen LogP contribution in [0.1, 0.15) is 76.8 Å². The number of ether oxygens (including phenoxy) is 2. The Morgan fingerprint density at radius 2 is 1.46 bits per heavy atom. The topological polar surface area (TPSA) is 67.9 Å². The maximum Gasteiger partial charge on any atom is 0.410 e. The standard InChI is InChI=1S/C35H48N2O4/c1-34(2,3)41-33(39)37(15-14-35-20-28-16-29(21-35)18-30(17-28)22-35)31(19-26-10-6-4-7-11-26)23-36-24-32(38)40-25-27-12-8-5-9-13-27/h4-13,28-31,36H,14-25H2,1-3H3/t28?,29?,30?,31-,35?/m0/s1. The van der Waals surface area contributed by atoms with Crippen LogP contribution in [0.25, 0.3) is 0 Å². The van der Waals surface area contributed by atoms with Crippen LogP contribution in [0.15, 0.2) is 60.7 Å². The van der Waals surface area contributed by atoms with Crippen LogP contribution in [-0.2, 0) is 27.3 Å². The first-order valence-electron chi connectivity index (χ1n) is 15.6. The van der Waals surface area contributed by atoms with E-state index in [9.17, 15) is 9.59 Å². The molecule has 6 rings (SSSR count). The van der Waals surface area contributed by atoms with Gasteiger partial charge in [-0.15, -0.1) is 0 Å². The maximum absolute atomic E-state index is 13.7. The predicted octanol–water partition coefficient (Wildman–Crippen LogP) is 6.77. The first-order valence-corrected chi connectivity index (χ1v) is 15.6. The molecule has 0 spiro atoms. The van der Waals surface area contributed by atoms with Gasteiger partial charge in [0.15, 0.2) is 0 Å². The van der Waals surface area contributed by atoms with Crippen molar-refractivity contribution < 1.29 is 19.1 Å². The van der Waals surface area contributed by atoms with E-state index in [-0.39, 0.29) is 31.3 Å². The highest BCUT2D eigenvalue weighted by Gasteiger charge is 2.50. The Kier molecular flexibility index (Phi) is 9.38. The number of rotatable bonds is 12. The fraction of sp³-hybridized carbons (Fsp3) is 0.600. The zero-order valence-electron chi connectivity index (χ0n) is 25.1. The molecule has 0 heterocycles. The van der Waals surface area contributed by atoms with Crippen LogP contribution in [0.3, 0.4) is 0 Å². The Morgan fingerprint density at radius 1 is 0.902 bits per heavy atom. The highest BCUT2D eigenvalue weighted by molar-refractivity contribution is 5.71. The van der Waals surface area contributed by atoms with Gasteiger partial charge in [-0.2, -0.15) is 0 Å². The van der Waals surface area contributed by atoms with Gasteiger partial charge in [0.1, 0.15) is 12.2 Å². The van der Waals surface area contributed by atoms with Crippen molar-refractivity contribution in [1.82, 2.24) is 10.2 Å². The molecule has 4 fully saturated rings. The van der Waals surface area contributed by atoms with E-state index in [1.807, 2.05) is 74.2 Å². The van der Waals surface area contributed by atoms with E-state index in [2.05, 4.69) is 17.4 Å². The van der Waals surface area contributed by atoms with E-state index in [4.69, 9.17) is 9.47 Å². The van der Waals surface area contributed by atoms with Crippen molar-refractivity contribution in [2.45, 2.75) is 90.4 Å². The Balaban J connectivity index is 1.27. The molecule has 2 aromatic rings. The Labute approximate surface area is 246 Å². The number of esters is 1. The lowest BCUT2D eigenvalue weighted by Gasteiger charge is -2.57. The molecule has 4 aliphatic rings. The van der Waals surface area contributed by atoms with Crippen molar-refractivity contribution in [2.75, 3.05) is 19.6 Å². The summed E-state index contributed by atoms with van der Waals surface area (Å²) in [6.45, 7) is 7.29. The summed E-state index contributed by atoms with van der Waals surface area (Å²) in [5.74, 6) is 2.32. The van der Waals surface area contributed by atoms with E-state index >= 15 is 0 Å². The molecule has 1 N–H and O–H groups in total. The number of hydrogen-bond acceptors (Lipinski definition) is 5. The second-order valence-corrected chi connectivity index (χ2v) is 14.0. The van der Waals surface area contributed by atoms with Gasteiger partial charge in [-0.25, -0.2) is 4.79 Å². The van der Waals surface area contributed by atoms with Gasteiger partial charge in [0.25, 0.3) is 0 Å². The van der Waals surface area contributed by atoms with Gasteiger partial charge in [0, 0.05) is 13.1 Å². The van der Waals surface area contributed by atoms with E-state index in [1.54, 1.807) is 0 Å². The zero-order chi connectivity index (χ0) is 28.9. The maximum atomic E-state index is 13.7. The lowest BCUT2D eigenvalue weighted by molar-refractivity contribution is -0.143. The van der Waals surface area contributed by atoms with Gasteiger partial charge in [0.2, 0.25) is 0 Å². The van der Waals surface area contributed by atoms with Gasteiger partial charge in [-0.3, -0.25) is 4.79 Å². The largest absolute Gasteiger partial charge is 0.460 e. The smallest absolute Gasteiger partial charge is 0.410 e. The predicted molar refractivity (Wildman–Crippen MR) is 161 cm³/mol. The van der Waals surface area contributed by atoms with E-state index in [0.29, 0.717) is 24.9 Å². The third kappa shape index (κ3) is 8.34. The summed E-state index contributed by atoms with van der Waals surface area (Å²) in [7, 11) is 0. The molecule has 0 unspecified atom stereocenters. The minimum absolute atomic E-state index is 0.0925. The van der Waals surface area contributed by atoms with Crippen molar-refractivity contribution in [1.29, 1.82) is 0 Å². The highest BCUT2D eigenvalue weighted by atomic mass is 16.6. The minimum atomic E-state index is -0.581. The van der Waals surface area contributed by atoms with Crippen molar-refractivity contribution in [3.05, 3.63) is 71.8 Å². The van der Waals surface area contributed by atoms with Gasteiger partial charge in [0.05, 0.1) is 12.6 Å². The van der Waals surface area contributed by atoms with Crippen molar-refractivity contribution in [3.8, 4) is 0 Å². The van der Waals surface area contributed by atoms with Crippen LogP contribution in [-0.4, -0.2) is 48.2 Å². The lowest BCUT2D eigenvalue weighted by Crippen LogP contribution is -2.52. The fourth-order valence-corrected chi connectivity index (χ4v) is 8.01. The second-order valence-electron chi connectivity index (χ2n) is 14.0. The Hall–Kier alpha value is -2.86. The fourth-order valence-electron chi connectivity index (χ4n) is 8.01. The van der Waals surface area contributed by atoms with Crippen LogP contribution in [0.2, 0.25) is 0 Å². The molecule has 4 aliphatic carbocycles. The number of nitrogens with zero attached hydrogens (tertiary/aromatic N) is 1. The first-order chi connectivity index (χ1) is 19.7. The number of hydrogen-bond donors (Lipinski definition) is 1. The molecule has 0 radical (unpaired) electrons. The van der Waals surface area contributed by atoms with Crippen LogP contribution >= 0.6 is 0 Å². The van der Waals surface area contributed by atoms with Gasteiger partial charge in [-0.1, -0.05) is 60.7 Å². The summed E-state index contributed by atoms with van der Waals surface area (Å²) in [5, 5.41) is 3.31. The normalized spacial score (nSPS) is 25.5. The molecule has 222 valence electrons. The molecular weight excluding hydrogens is 512 g/mol. The third-order valence-electron chi connectivity index (χ3n) is 9.32. The minimum Gasteiger partial charge on any atom is -0.460 e. The summed E-state index contributed by atoms with van der Waals surface area (Å²) in [6, 6.07) is 19.8. The number of benzene rings is 2. The van der Waals surface area contributed by atoms with E-state index < -0.39 is 5.60 Å².